The van der Waals surface area contributed by atoms with E-state index in [1.165, 1.54) is 6.92 Å². The van der Waals surface area contributed by atoms with Crippen molar-refractivity contribution in [1.82, 2.24) is 0 Å². The topological polar surface area (TPSA) is 37.3 Å². The molecule has 0 saturated heterocycles. The quantitative estimate of drug-likeness (QED) is 0.874. The third kappa shape index (κ3) is 2.66. The van der Waals surface area contributed by atoms with E-state index in [0.29, 0.717) is 0 Å². The number of aliphatic carboxylic acids is 1. The van der Waals surface area contributed by atoms with Crippen molar-refractivity contribution < 1.29 is 23.1 Å². The summed E-state index contributed by atoms with van der Waals surface area (Å²) < 4.78 is 37.1. The number of benzene rings is 1. The molecule has 2 nitrogen and oxygen atoms in total. The summed E-state index contributed by atoms with van der Waals surface area (Å²) in [5, 5.41) is 8.73. The first-order chi connectivity index (χ1) is 7.23. The molecule has 0 bridgehead atoms. The van der Waals surface area contributed by atoms with Gasteiger partial charge < -0.3 is 5.11 Å². The lowest BCUT2D eigenvalue weighted by Crippen LogP contribution is -2.11. The summed E-state index contributed by atoms with van der Waals surface area (Å²) >= 11 is 5.65. The Bertz CT molecular complexity index is 415. The summed E-state index contributed by atoms with van der Waals surface area (Å²) in [6, 6.07) is 2.64. The van der Waals surface area contributed by atoms with Gasteiger partial charge in [0, 0.05) is 5.02 Å². The molecule has 0 aliphatic carbocycles. The maximum absolute atomic E-state index is 12.4. The lowest BCUT2D eigenvalue weighted by Gasteiger charge is -2.12. The van der Waals surface area contributed by atoms with Crippen LogP contribution in [0.15, 0.2) is 18.2 Å². The van der Waals surface area contributed by atoms with Gasteiger partial charge in [-0.15, -0.1) is 0 Å². The minimum atomic E-state index is -4.50. The standard InChI is InChI=1S/C10H8ClF3O2/c1-5(9(15)16)7-4-6(10(12,13)14)2-3-8(7)11/h2-5H,1H3,(H,15,16). The average molecular weight is 253 g/mol. The van der Waals surface area contributed by atoms with Crippen molar-refractivity contribution in [3.05, 3.63) is 34.3 Å². The molecule has 1 rings (SSSR count). The van der Waals surface area contributed by atoms with E-state index in [-0.39, 0.29) is 10.6 Å². The Morgan fingerprint density at radius 3 is 2.44 bits per heavy atom. The predicted octanol–water partition coefficient (Wildman–Crippen LogP) is 3.55. The number of hydrogen-bond donors (Lipinski definition) is 1. The molecule has 0 amide bonds. The molecular formula is C10H8ClF3O2. The maximum atomic E-state index is 12.4. The molecule has 1 aromatic carbocycles. The van der Waals surface area contributed by atoms with Gasteiger partial charge in [-0.25, -0.2) is 0 Å². The highest BCUT2D eigenvalue weighted by Gasteiger charge is 2.32. The van der Waals surface area contributed by atoms with E-state index in [2.05, 4.69) is 0 Å². The number of alkyl halides is 3. The summed E-state index contributed by atoms with van der Waals surface area (Å²) in [6.45, 7) is 1.28. The minimum absolute atomic E-state index is 0.0166. The fourth-order valence-corrected chi connectivity index (χ4v) is 1.47. The van der Waals surface area contributed by atoms with E-state index >= 15 is 0 Å². The second-order valence-corrected chi connectivity index (χ2v) is 3.70. The summed E-state index contributed by atoms with van der Waals surface area (Å²) in [5.41, 5.74) is -0.941. The first kappa shape index (κ1) is 12.8. The van der Waals surface area contributed by atoms with Crippen molar-refractivity contribution in [3.8, 4) is 0 Å². The van der Waals surface area contributed by atoms with Crippen LogP contribution in [0.5, 0.6) is 0 Å². The molecule has 1 N–H and O–H groups in total. The Labute approximate surface area is 94.6 Å². The highest BCUT2D eigenvalue weighted by atomic mass is 35.5. The van der Waals surface area contributed by atoms with Gasteiger partial charge in [-0.3, -0.25) is 4.79 Å². The van der Waals surface area contributed by atoms with Crippen molar-refractivity contribution >= 4 is 17.6 Å². The van der Waals surface area contributed by atoms with E-state index in [4.69, 9.17) is 16.7 Å². The van der Waals surface area contributed by atoms with Gasteiger partial charge in [0.1, 0.15) is 0 Å². The third-order valence-electron chi connectivity index (χ3n) is 2.16. The summed E-state index contributed by atoms with van der Waals surface area (Å²) in [5.74, 6) is -2.30. The molecular weight excluding hydrogens is 245 g/mol. The molecule has 1 aromatic rings. The van der Waals surface area contributed by atoms with Gasteiger partial charge in [0.2, 0.25) is 0 Å². The van der Waals surface area contributed by atoms with Crippen LogP contribution in [0, 0.1) is 0 Å². The van der Waals surface area contributed by atoms with E-state index < -0.39 is 23.6 Å². The lowest BCUT2D eigenvalue weighted by atomic mass is 9.99. The molecule has 88 valence electrons. The van der Waals surface area contributed by atoms with Crippen molar-refractivity contribution in [2.75, 3.05) is 0 Å². The first-order valence-electron chi connectivity index (χ1n) is 4.33. The summed E-state index contributed by atoms with van der Waals surface area (Å²) in [4.78, 5) is 10.7. The minimum Gasteiger partial charge on any atom is -0.481 e. The van der Waals surface area contributed by atoms with Crippen molar-refractivity contribution in [3.63, 3.8) is 0 Å². The third-order valence-corrected chi connectivity index (χ3v) is 2.50. The zero-order valence-corrected chi connectivity index (χ0v) is 8.93. The molecule has 16 heavy (non-hydrogen) atoms. The van der Waals surface area contributed by atoms with Crippen LogP contribution >= 0.6 is 11.6 Å². The zero-order valence-electron chi connectivity index (χ0n) is 8.18. The van der Waals surface area contributed by atoms with Gasteiger partial charge >= 0.3 is 12.1 Å². The van der Waals surface area contributed by atoms with Gasteiger partial charge in [-0.1, -0.05) is 11.6 Å². The molecule has 1 unspecified atom stereocenters. The van der Waals surface area contributed by atoms with Crippen LogP contribution in [0.25, 0.3) is 0 Å². The van der Waals surface area contributed by atoms with Gasteiger partial charge in [-0.05, 0) is 30.7 Å². The maximum Gasteiger partial charge on any atom is 0.416 e. The first-order valence-corrected chi connectivity index (χ1v) is 4.70. The highest BCUT2D eigenvalue weighted by Crippen LogP contribution is 2.34. The number of carboxylic acid groups (broad SMARTS) is 1. The molecule has 0 aromatic heterocycles. The van der Waals surface area contributed by atoms with Crippen LogP contribution in [0.2, 0.25) is 5.02 Å². The van der Waals surface area contributed by atoms with Crippen molar-refractivity contribution in [1.29, 1.82) is 0 Å². The highest BCUT2D eigenvalue weighted by molar-refractivity contribution is 6.31. The Balaban J connectivity index is 3.24. The average Bonchev–Trinajstić information content (AvgIpc) is 2.15. The van der Waals surface area contributed by atoms with Gasteiger partial charge in [-0.2, -0.15) is 13.2 Å². The largest absolute Gasteiger partial charge is 0.481 e. The molecule has 0 aliphatic rings. The normalized spacial score (nSPS) is 13.6. The van der Waals surface area contributed by atoms with Crippen LogP contribution in [-0.4, -0.2) is 11.1 Å². The number of carbonyl (C=O) groups is 1. The molecule has 0 spiro atoms. The smallest absolute Gasteiger partial charge is 0.416 e. The fourth-order valence-electron chi connectivity index (χ4n) is 1.18. The van der Waals surface area contributed by atoms with Crippen molar-refractivity contribution in [2.45, 2.75) is 19.0 Å². The van der Waals surface area contributed by atoms with Crippen LogP contribution < -0.4 is 0 Å². The summed E-state index contributed by atoms with van der Waals surface area (Å²) in [7, 11) is 0. The van der Waals surface area contributed by atoms with Crippen molar-refractivity contribution in [2.24, 2.45) is 0 Å². The lowest BCUT2D eigenvalue weighted by molar-refractivity contribution is -0.139. The van der Waals surface area contributed by atoms with Gasteiger partial charge in [0.05, 0.1) is 11.5 Å². The zero-order chi connectivity index (χ0) is 12.5. The Hall–Kier alpha value is -1.23. The number of hydrogen-bond acceptors (Lipinski definition) is 1. The van der Waals surface area contributed by atoms with Crippen LogP contribution in [0.3, 0.4) is 0 Å². The van der Waals surface area contributed by atoms with E-state index in [0.717, 1.165) is 18.2 Å². The monoisotopic (exact) mass is 252 g/mol. The van der Waals surface area contributed by atoms with E-state index in [1.807, 2.05) is 0 Å². The number of halogens is 4. The van der Waals surface area contributed by atoms with Gasteiger partial charge in [0.15, 0.2) is 0 Å². The van der Waals surface area contributed by atoms with Crippen LogP contribution in [-0.2, 0) is 11.0 Å². The second kappa shape index (κ2) is 4.33. The molecule has 0 fully saturated rings. The van der Waals surface area contributed by atoms with E-state index in [1.54, 1.807) is 0 Å². The Morgan fingerprint density at radius 2 is 2.00 bits per heavy atom. The number of rotatable bonds is 2. The SMILES string of the molecule is CC(C(=O)O)c1cc(C(F)(F)F)ccc1Cl. The van der Waals surface area contributed by atoms with Crippen LogP contribution in [0.4, 0.5) is 13.2 Å². The summed E-state index contributed by atoms with van der Waals surface area (Å²) in [6.07, 6.45) is -4.50. The van der Waals surface area contributed by atoms with Crippen LogP contribution in [0.1, 0.15) is 24.0 Å². The fraction of sp³-hybridized carbons (Fsp3) is 0.300. The molecule has 0 radical (unpaired) electrons. The molecule has 0 heterocycles. The number of carboxylic acids is 1. The van der Waals surface area contributed by atoms with E-state index in [9.17, 15) is 18.0 Å². The Kier molecular flexibility index (Phi) is 3.48. The molecule has 1 atom stereocenters. The molecule has 0 aliphatic heterocycles. The second-order valence-electron chi connectivity index (χ2n) is 3.29. The molecule has 0 saturated carbocycles. The Morgan fingerprint density at radius 1 is 1.44 bits per heavy atom. The predicted molar refractivity (Wildman–Crippen MR) is 52.5 cm³/mol. The van der Waals surface area contributed by atoms with Gasteiger partial charge in [0.25, 0.3) is 0 Å². The molecule has 6 heteroatoms.